The molecule has 1 aliphatic carbocycles. The van der Waals surface area contributed by atoms with Crippen LogP contribution in [0.15, 0.2) is 4.52 Å². The Morgan fingerprint density at radius 2 is 2.06 bits per heavy atom. The van der Waals surface area contributed by atoms with E-state index in [-0.39, 0.29) is 5.41 Å². The summed E-state index contributed by atoms with van der Waals surface area (Å²) >= 11 is 0. The van der Waals surface area contributed by atoms with Gasteiger partial charge in [0.2, 0.25) is 5.89 Å². The molecule has 2 aliphatic rings. The second-order valence-electron chi connectivity index (χ2n) is 6.56. The Morgan fingerprint density at radius 1 is 1.28 bits per heavy atom. The molecule has 1 aliphatic heterocycles. The monoisotopic (exact) mass is 249 g/mol. The van der Waals surface area contributed by atoms with Crippen LogP contribution in [-0.4, -0.2) is 35.2 Å². The molecule has 100 valence electrons. The number of aromatic nitrogens is 2. The van der Waals surface area contributed by atoms with Crippen LogP contribution in [0.5, 0.6) is 0 Å². The molecule has 0 radical (unpaired) electrons. The van der Waals surface area contributed by atoms with Gasteiger partial charge in [0.15, 0.2) is 5.82 Å². The molecule has 1 aromatic rings. The molecule has 1 aromatic heterocycles. The van der Waals surface area contributed by atoms with E-state index in [1.165, 1.54) is 32.2 Å². The van der Waals surface area contributed by atoms with E-state index in [4.69, 9.17) is 4.52 Å². The Balaban J connectivity index is 1.78. The summed E-state index contributed by atoms with van der Waals surface area (Å²) in [5.74, 6) is 2.96. The van der Waals surface area contributed by atoms with Crippen molar-refractivity contribution < 1.29 is 4.52 Å². The van der Waals surface area contributed by atoms with Gasteiger partial charge in [-0.25, -0.2) is 0 Å². The maximum absolute atomic E-state index is 5.54. The molecule has 4 nitrogen and oxygen atoms in total. The van der Waals surface area contributed by atoms with Gasteiger partial charge in [0.05, 0.1) is 0 Å². The second-order valence-corrected chi connectivity index (χ2v) is 6.56. The SMILES string of the molecule is CN1CCCC(C(C)(C)c2nc(C3CC3)no2)C1. The van der Waals surface area contributed by atoms with Crippen molar-refractivity contribution in [3.8, 4) is 0 Å². The van der Waals surface area contributed by atoms with E-state index in [1.807, 2.05) is 0 Å². The van der Waals surface area contributed by atoms with Crippen LogP contribution in [0.25, 0.3) is 0 Å². The third-order valence-electron chi connectivity index (χ3n) is 4.58. The minimum absolute atomic E-state index is 0.00514. The normalized spacial score (nSPS) is 26.5. The van der Waals surface area contributed by atoms with Crippen LogP contribution in [0.1, 0.15) is 57.2 Å². The van der Waals surface area contributed by atoms with Gasteiger partial charge in [-0.15, -0.1) is 0 Å². The Bertz CT molecular complexity index is 422. The molecule has 2 fully saturated rings. The van der Waals surface area contributed by atoms with E-state index in [0.29, 0.717) is 11.8 Å². The first-order valence-electron chi connectivity index (χ1n) is 7.10. The summed E-state index contributed by atoms with van der Waals surface area (Å²) < 4.78 is 5.54. The first kappa shape index (κ1) is 12.2. The molecule has 1 unspecified atom stereocenters. The molecule has 2 heterocycles. The highest BCUT2D eigenvalue weighted by Gasteiger charge is 2.39. The molecule has 0 bridgehead atoms. The van der Waals surface area contributed by atoms with Gasteiger partial charge in [0, 0.05) is 17.9 Å². The lowest BCUT2D eigenvalue weighted by molar-refractivity contribution is 0.128. The highest BCUT2D eigenvalue weighted by atomic mass is 16.5. The Hall–Kier alpha value is -0.900. The molecule has 0 spiro atoms. The van der Waals surface area contributed by atoms with Crippen molar-refractivity contribution in [1.82, 2.24) is 15.0 Å². The summed E-state index contributed by atoms with van der Waals surface area (Å²) in [6, 6.07) is 0. The van der Waals surface area contributed by atoms with Gasteiger partial charge < -0.3 is 9.42 Å². The lowest BCUT2D eigenvalue weighted by Gasteiger charge is -2.38. The van der Waals surface area contributed by atoms with Crippen molar-refractivity contribution in [1.29, 1.82) is 0 Å². The Labute approximate surface area is 109 Å². The molecule has 3 rings (SSSR count). The van der Waals surface area contributed by atoms with Crippen LogP contribution in [0.2, 0.25) is 0 Å². The zero-order valence-corrected chi connectivity index (χ0v) is 11.6. The smallest absolute Gasteiger partial charge is 0.232 e. The average Bonchev–Trinajstić information content (AvgIpc) is 3.06. The fraction of sp³-hybridized carbons (Fsp3) is 0.857. The number of piperidine rings is 1. The third kappa shape index (κ3) is 2.18. The van der Waals surface area contributed by atoms with Gasteiger partial charge in [0.1, 0.15) is 0 Å². The van der Waals surface area contributed by atoms with Crippen LogP contribution in [0, 0.1) is 5.92 Å². The maximum Gasteiger partial charge on any atom is 0.232 e. The van der Waals surface area contributed by atoms with Crippen LogP contribution in [0.3, 0.4) is 0 Å². The summed E-state index contributed by atoms with van der Waals surface area (Å²) in [6.07, 6.45) is 4.99. The van der Waals surface area contributed by atoms with E-state index >= 15 is 0 Å². The average molecular weight is 249 g/mol. The van der Waals surface area contributed by atoms with Crippen molar-refractivity contribution in [2.45, 2.75) is 50.9 Å². The van der Waals surface area contributed by atoms with Crippen molar-refractivity contribution in [2.75, 3.05) is 20.1 Å². The first-order chi connectivity index (χ1) is 8.57. The van der Waals surface area contributed by atoms with Crippen LogP contribution in [0.4, 0.5) is 0 Å². The van der Waals surface area contributed by atoms with Crippen molar-refractivity contribution in [3.05, 3.63) is 11.7 Å². The van der Waals surface area contributed by atoms with Crippen LogP contribution >= 0.6 is 0 Å². The fourth-order valence-electron chi connectivity index (χ4n) is 2.93. The summed E-state index contributed by atoms with van der Waals surface area (Å²) in [6.45, 7) is 6.85. The molecular formula is C14H23N3O. The molecule has 0 aromatic carbocycles. The van der Waals surface area contributed by atoms with Gasteiger partial charge in [-0.2, -0.15) is 4.98 Å². The van der Waals surface area contributed by atoms with Crippen LogP contribution in [-0.2, 0) is 5.41 Å². The highest BCUT2D eigenvalue weighted by Crippen LogP contribution is 2.41. The highest BCUT2D eigenvalue weighted by molar-refractivity contribution is 5.10. The first-order valence-corrected chi connectivity index (χ1v) is 7.10. The van der Waals surface area contributed by atoms with Crippen molar-refractivity contribution in [2.24, 2.45) is 5.92 Å². The maximum atomic E-state index is 5.54. The van der Waals surface area contributed by atoms with Crippen molar-refractivity contribution >= 4 is 0 Å². The molecule has 4 heteroatoms. The largest absolute Gasteiger partial charge is 0.339 e. The lowest BCUT2D eigenvalue weighted by Crippen LogP contribution is -2.41. The van der Waals surface area contributed by atoms with Gasteiger partial charge >= 0.3 is 0 Å². The molecule has 18 heavy (non-hydrogen) atoms. The molecule has 1 saturated heterocycles. The summed E-state index contributed by atoms with van der Waals surface area (Å²) in [5, 5.41) is 4.16. The van der Waals surface area contributed by atoms with Crippen LogP contribution < -0.4 is 0 Å². The summed E-state index contributed by atoms with van der Waals surface area (Å²) in [5.41, 5.74) is -0.00514. The van der Waals surface area contributed by atoms with E-state index in [2.05, 4.69) is 35.9 Å². The quantitative estimate of drug-likeness (QED) is 0.825. The summed E-state index contributed by atoms with van der Waals surface area (Å²) in [7, 11) is 2.20. The third-order valence-corrected chi connectivity index (χ3v) is 4.58. The predicted molar refractivity (Wildman–Crippen MR) is 69.5 cm³/mol. The standard InChI is InChI=1S/C14H23N3O/c1-14(2,11-5-4-8-17(3)9-11)13-15-12(16-18-13)10-6-7-10/h10-11H,4-9H2,1-3H3. The molecular weight excluding hydrogens is 226 g/mol. The fourth-order valence-corrected chi connectivity index (χ4v) is 2.93. The number of nitrogens with zero attached hydrogens (tertiary/aromatic N) is 3. The zero-order valence-electron chi connectivity index (χ0n) is 11.6. The minimum Gasteiger partial charge on any atom is -0.339 e. The number of hydrogen-bond acceptors (Lipinski definition) is 4. The van der Waals surface area contributed by atoms with Gasteiger partial charge in [-0.05, 0) is 45.2 Å². The topological polar surface area (TPSA) is 42.2 Å². The molecule has 0 N–H and O–H groups in total. The Kier molecular flexibility index (Phi) is 2.93. The van der Waals surface area contributed by atoms with E-state index < -0.39 is 0 Å². The van der Waals surface area contributed by atoms with E-state index in [0.717, 1.165) is 18.3 Å². The summed E-state index contributed by atoms with van der Waals surface area (Å²) in [4.78, 5) is 7.06. The molecule has 1 atom stereocenters. The number of hydrogen-bond donors (Lipinski definition) is 0. The Morgan fingerprint density at radius 3 is 2.72 bits per heavy atom. The number of rotatable bonds is 3. The number of likely N-dealkylation sites (tertiary alicyclic amines) is 1. The second kappa shape index (κ2) is 4.34. The van der Waals surface area contributed by atoms with E-state index in [1.54, 1.807) is 0 Å². The van der Waals surface area contributed by atoms with Crippen molar-refractivity contribution in [3.63, 3.8) is 0 Å². The van der Waals surface area contributed by atoms with Gasteiger partial charge in [-0.1, -0.05) is 19.0 Å². The molecule has 1 saturated carbocycles. The zero-order chi connectivity index (χ0) is 12.8. The van der Waals surface area contributed by atoms with Gasteiger partial charge in [0.25, 0.3) is 0 Å². The lowest BCUT2D eigenvalue weighted by atomic mass is 9.74. The van der Waals surface area contributed by atoms with Gasteiger partial charge in [-0.3, -0.25) is 0 Å². The van der Waals surface area contributed by atoms with E-state index in [9.17, 15) is 0 Å². The molecule has 0 amide bonds. The predicted octanol–water partition coefficient (Wildman–Crippen LogP) is 2.57. The minimum atomic E-state index is -0.00514.